The molecule has 1 amide bonds. The molecule has 0 spiro atoms. The lowest BCUT2D eigenvalue weighted by atomic mass is 10.0. The first-order chi connectivity index (χ1) is 12.2. The van der Waals surface area contributed by atoms with Crippen molar-refractivity contribution in [1.82, 2.24) is 5.32 Å². The van der Waals surface area contributed by atoms with Crippen molar-refractivity contribution in [3.8, 4) is 0 Å². The summed E-state index contributed by atoms with van der Waals surface area (Å²) in [6.45, 7) is 1.45. The molecule has 1 N–H and O–H groups in total. The van der Waals surface area contributed by atoms with Gasteiger partial charge in [-0.3, -0.25) is 4.79 Å². The third-order valence-corrected chi connectivity index (χ3v) is 4.42. The molecule has 3 heteroatoms. The lowest BCUT2D eigenvalue weighted by molar-refractivity contribution is -0.120. The molecule has 0 aliphatic carbocycles. The summed E-state index contributed by atoms with van der Waals surface area (Å²) >= 11 is 0. The SMILES string of the molecule is CN(CCNC(=O)CCc1ccc2ccccc2c1)c1ccccc1. The highest BCUT2D eigenvalue weighted by Crippen LogP contribution is 2.16. The van der Waals surface area contributed by atoms with Gasteiger partial charge in [0.05, 0.1) is 0 Å². The molecule has 128 valence electrons. The van der Waals surface area contributed by atoms with E-state index in [2.05, 4.69) is 52.7 Å². The molecule has 0 fully saturated rings. The molecular formula is C22H24N2O. The van der Waals surface area contributed by atoms with Crippen molar-refractivity contribution in [2.45, 2.75) is 12.8 Å². The van der Waals surface area contributed by atoms with Crippen molar-refractivity contribution >= 4 is 22.4 Å². The van der Waals surface area contributed by atoms with E-state index >= 15 is 0 Å². The Morgan fingerprint density at radius 2 is 1.64 bits per heavy atom. The Morgan fingerprint density at radius 3 is 2.44 bits per heavy atom. The van der Waals surface area contributed by atoms with Crippen molar-refractivity contribution in [2.75, 3.05) is 25.0 Å². The summed E-state index contributed by atoms with van der Waals surface area (Å²) in [5.74, 6) is 0.106. The number of hydrogen-bond acceptors (Lipinski definition) is 2. The molecule has 3 aromatic rings. The van der Waals surface area contributed by atoms with Gasteiger partial charge in [-0.1, -0.05) is 60.7 Å². The van der Waals surface area contributed by atoms with E-state index in [1.165, 1.54) is 16.3 Å². The normalized spacial score (nSPS) is 10.6. The van der Waals surface area contributed by atoms with Gasteiger partial charge >= 0.3 is 0 Å². The Hall–Kier alpha value is -2.81. The number of rotatable bonds is 7. The van der Waals surface area contributed by atoms with Crippen LogP contribution in [0, 0.1) is 0 Å². The van der Waals surface area contributed by atoms with E-state index in [9.17, 15) is 4.79 Å². The average Bonchev–Trinajstić information content (AvgIpc) is 2.67. The number of carbonyl (C=O) groups is 1. The van der Waals surface area contributed by atoms with E-state index in [4.69, 9.17) is 0 Å². The number of benzene rings is 3. The van der Waals surface area contributed by atoms with Crippen LogP contribution in [-0.2, 0) is 11.2 Å². The molecule has 0 bridgehead atoms. The van der Waals surface area contributed by atoms with Gasteiger partial charge in [0.2, 0.25) is 5.91 Å². The van der Waals surface area contributed by atoms with Gasteiger partial charge in [-0.25, -0.2) is 0 Å². The van der Waals surface area contributed by atoms with Crippen LogP contribution in [0.15, 0.2) is 72.8 Å². The fourth-order valence-corrected chi connectivity index (χ4v) is 2.92. The molecule has 0 saturated carbocycles. The zero-order chi connectivity index (χ0) is 17.5. The smallest absolute Gasteiger partial charge is 0.220 e. The van der Waals surface area contributed by atoms with Crippen LogP contribution >= 0.6 is 0 Å². The number of likely N-dealkylation sites (N-methyl/N-ethyl adjacent to an activating group) is 1. The lowest BCUT2D eigenvalue weighted by Crippen LogP contribution is -2.33. The topological polar surface area (TPSA) is 32.3 Å². The predicted octanol–water partition coefficient (Wildman–Crippen LogP) is 4.03. The second-order valence-corrected chi connectivity index (χ2v) is 6.29. The number of nitrogens with one attached hydrogen (secondary N) is 1. The molecule has 0 aliphatic rings. The molecule has 0 atom stereocenters. The van der Waals surface area contributed by atoms with Gasteiger partial charge in [0.15, 0.2) is 0 Å². The number of nitrogens with zero attached hydrogens (tertiary/aromatic N) is 1. The Labute approximate surface area is 149 Å². The van der Waals surface area contributed by atoms with Crippen LogP contribution in [-0.4, -0.2) is 26.0 Å². The van der Waals surface area contributed by atoms with Gasteiger partial charge in [-0.05, 0) is 34.9 Å². The number of fused-ring (bicyclic) bond motifs is 1. The molecule has 0 radical (unpaired) electrons. The molecule has 3 nitrogen and oxygen atoms in total. The summed E-state index contributed by atoms with van der Waals surface area (Å²) in [4.78, 5) is 14.2. The molecular weight excluding hydrogens is 308 g/mol. The number of para-hydroxylation sites is 1. The average molecular weight is 332 g/mol. The summed E-state index contributed by atoms with van der Waals surface area (Å²) in [6, 6.07) is 24.9. The maximum absolute atomic E-state index is 12.1. The molecule has 3 rings (SSSR count). The van der Waals surface area contributed by atoms with Crippen molar-refractivity contribution in [3.63, 3.8) is 0 Å². The molecule has 0 unspecified atom stereocenters. The van der Waals surface area contributed by atoms with Crippen molar-refractivity contribution in [1.29, 1.82) is 0 Å². The van der Waals surface area contributed by atoms with E-state index in [-0.39, 0.29) is 5.91 Å². The molecule has 0 aliphatic heterocycles. The van der Waals surface area contributed by atoms with Crippen LogP contribution in [0.1, 0.15) is 12.0 Å². The fourth-order valence-electron chi connectivity index (χ4n) is 2.92. The minimum absolute atomic E-state index is 0.106. The summed E-state index contributed by atoms with van der Waals surface area (Å²) in [6.07, 6.45) is 1.29. The molecule has 3 aromatic carbocycles. The monoisotopic (exact) mass is 332 g/mol. The highest BCUT2D eigenvalue weighted by Gasteiger charge is 2.04. The van der Waals surface area contributed by atoms with Gasteiger partial charge in [-0.2, -0.15) is 0 Å². The van der Waals surface area contributed by atoms with Crippen LogP contribution in [0.5, 0.6) is 0 Å². The first-order valence-electron chi connectivity index (χ1n) is 8.73. The van der Waals surface area contributed by atoms with Crippen LogP contribution < -0.4 is 10.2 Å². The largest absolute Gasteiger partial charge is 0.373 e. The minimum Gasteiger partial charge on any atom is -0.373 e. The van der Waals surface area contributed by atoms with Gasteiger partial charge in [0.1, 0.15) is 0 Å². The first-order valence-corrected chi connectivity index (χ1v) is 8.73. The Balaban J connectivity index is 1.43. The number of carbonyl (C=O) groups excluding carboxylic acids is 1. The number of amides is 1. The molecule has 0 heterocycles. The van der Waals surface area contributed by atoms with Crippen LogP contribution in [0.4, 0.5) is 5.69 Å². The summed E-state index contributed by atoms with van der Waals surface area (Å²) in [5.41, 5.74) is 2.36. The zero-order valence-electron chi connectivity index (χ0n) is 14.6. The Bertz CT molecular complexity index is 830. The molecule has 0 saturated heterocycles. The van der Waals surface area contributed by atoms with E-state index < -0.39 is 0 Å². The third-order valence-electron chi connectivity index (χ3n) is 4.42. The van der Waals surface area contributed by atoms with E-state index in [1.54, 1.807) is 0 Å². The summed E-state index contributed by atoms with van der Waals surface area (Å²) in [7, 11) is 2.04. The Morgan fingerprint density at radius 1 is 0.920 bits per heavy atom. The Kier molecular flexibility index (Phi) is 5.68. The first kappa shape index (κ1) is 17.0. The zero-order valence-corrected chi connectivity index (χ0v) is 14.6. The molecule has 0 aromatic heterocycles. The van der Waals surface area contributed by atoms with Crippen LogP contribution in [0.3, 0.4) is 0 Å². The predicted molar refractivity (Wildman–Crippen MR) is 105 cm³/mol. The maximum Gasteiger partial charge on any atom is 0.220 e. The van der Waals surface area contributed by atoms with Crippen molar-refractivity contribution in [3.05, 3.63) is 78.4 Å². The third kappa shape index (κ3) is 4.83. The quantitative estimate of drug-likeness (QED) is 0.708. The van der Waals surface area contributed by atoms with Gasteiger partial charge in [0.25, 0.3) is 0 Å². The highest BCUT2D eigenvalue weighted by molar-refractivity contribution is 5.83. The standard InChI is InChI=1S/C22H24N2O/c1-24(21-9-3-2-4-10-21)16-15-23-22(25)14-12-18-11-13-19-7-5-6-8-20(19)17-18/h2-11,13,17H,12,14-16H2,1H3,(H,23,25). The number of anilines is 1. The van der Waals surface area contributed by atoms with Crippen LogP contribution in [0.25, 0.3) is 10.8 Å². The minimum atomic E-state index is 0.106. The van der Waals surface area contributed by atoms with E-state index in [1.807, 2.05) is 37.4 Å². The van der Waals surface area contributed by atoms with E-state index in [0.717, 1.165) is 18.7 Å². The molecule has 25 heavy (non-hydrogen) atoms. The number of aryl methyl sites for hydroxylation is 1. The highest BCUT2D eigenvalue weighted by atomic mass is 16.1. The maximum atomic E-state index is 12.1. The summed E-state index contributed by atoms with van der Waals surface area (Å²) in [5, 5.41) is 5.47. The summed E-state index contributed by atoms with van der Waals surface area (Å²) < 4.78 is 0. The van der Waals surface area contributed by atoms with Gasteiger partial charge in [0, 0.05) is 32.2 Å². The fraction of sp³-hybridized carbons (Fsp3) is 0.227. The lowest BCUT2D eigenvalue weighted by Gasteiger charge is -2.19. The number of hydrogen-bond donors (Lipinski definition) is 1. The van der Waals surface area contributed by atoms with Crippen LogP contribution in [0.2, 0.25) is 0 Å². The van der Waals surface area contributed by atoms with Crippen molar-refractivity contribution < 1.29 is 4.79 Å². The van der Waals surface area contributed by atoms with E-state index in [0.29, 0.717) is 13.0 Å². The van der Waals surface area contributed by atoms with Gasteiger partial charge in [-0.15, -0.1) is 0 Å². The second-order valence-electron chi connectivity index (χ2n) is 6.29. The van der Waals surface area contributed by atoms with Crippen molar-refractivity contribution in [2.24, 2.45) is 0 Å². The van der Waals surface area contributed by atoms with Gasteiger partial charge < -0.3 is 10.2 Å². The second kappa shape index (κ2) is 8.34.